The molecule has 2 N–H and O–H groups in total. The SMILES string of the molecule is CC(C)n1cnc2cc(-c3ccc4c(c3)N(C3CC(N5CCCCC5)C3)C(=O)C43CCN(C(=O)C4CCN(C(=O)C5CCN(c6ccc(C7CCC(=O)NC7=O)cn6)CC5)C5(CCC5)C4)CC3)nc(NC3CC3)c21. The fourth-order valence-corrected chi connectivity index (χ4v) is 14.6. The van der Waals surface area contributed by atoms with Crippen molar-refractivity contribution in [3.05, 3.63) is 60.0 Å². The van der Waals surface area contributed by atoms with Crippen LogP contribution < -0.4 is 20.4 Å². The van der Waals surface area contributed by atoms with Crippen LogP contribution in [0.2, 0.25) is 0 Å². The van der Waals surface area contributed by atoms with Crippen LogP contribution >= 0.6 is 0 Å². The number of benzene rings is 1. The standard InChI is InChI=1S/C58H73N11O5/c1-36(2)67-35-60-47-32-46(62-52(51(47)67)61-41-9-10-41)38-7-12-45-48(29-38)69(43-30-42(31-43)64-22-4-3-5-23-64)56(74)58(45)20-27-66(28-21-58)54(72)39-17-26-68(57(33-39)18-6-19-57)55(73)37-15-24-65(25-16-37)49-13-8-40(34-59-49)44-11-14-50(70)63-53(44)71/h7-8,12-13,29,32,34-37,39,41-44H,3-6,9-11,14-28,30-31,33H2,1-2H3,(H,61,62)(H,63,70,71). The minimum Gasteiger partial charge on any atom is -0.366 e. The highest BCUT2D eigenvalue weighted by atomic mass is 16.2. The summed E-state index contributed by atoms with van der Waals surface area (Å²) < 4.78 is 2.20. The van der Waals surface area contributed by atoms with E-state index >= 15 is 4.79 Å². The third kappa shape index (κ3) is 8.27. The third-order valence-electron chi connectivity index (χ3n) is 19.4. The van der Waals surface area contributed by atoms with E-state index in [2.05, 4.69) is 77.8 Å². The van der Waals surface area contributed by atoms with Gasteiger partial charge in [0.2, 0.25) is 29.5 Å². The molecule has 2 spiro atoms. The number of piperidine rings is 5. The summed E-state index contributed by atoms with van der Waals surface area (Å²) in [5, 5.41) is 6.16. The first-order chi connectivity index (χ1) is 35.9. The maximum absolute atomic E-state index is 15.3. The van der Waals surface area contributed by atoms with Crippen molar-refractivity contribution in [2.24, 2.45) is 11.8 Å². The van der Waals surface area contributed by atoms with Crippen molar-refractivity contribution in [3.8, 4) is 11.3 Å². The normalized spacial score (nSPS) is 27.1. The molecule has 5 amide bonds. The highest BCUT2D eigenvalue weighted by molar-refractivity contribution is 6.09. The number of fused-ring (bicyclic) bond motifs is 3. The Balaban J connectivity index is 0.685. The van der Waals surface area contributed by atoms with Crippen molar-refractivity contribution >= 4 is 57.9 Å². The minimum atomic E-state index is -0.678. The fourth-order valence-electron chi connectivity index (χ4n) is 14.6. The number of rotatable bonds is 10. The highest BCUT2D eigenvalue weighted by Crippen LogP contribution is 2.53. The average Bonchev–Trinajstić information content (AvgIpc) is 4.08. The van der Waals surface area contributed by atoms with Crippen molar-refractivity contribution < 1.29 is 24.0 Å². The number of hydrogen-bond donors (Lipinski definition) is 2. The maximum Gasteiger partial charge on any atom is 0.238 e. The van der Waals surface area contributed by atoms with Gasteiger partial charge in [-0.15, -0.1) is 0 Å². The molecule has 74 heavy (non-hydrogen) atoms. The second-order valence-electron chi connectivity index (χ2n) is 24.1. The first-order valence-electron chi connectivity index (χ1n) is 28.5. The van der Waals surface area contributed by atoms with Crippen LogP contribution in [0, 0.1) is 11.8 Å². The van der Waals surface area contributed by atoms with Crippen LogP contribution in [0.1, 0.15) is 153 Å². The minimum absolute atomic E-state index is 0.0635. The smallest absolute Gasteiger partial charge is 0.238 e. The molecular formula is C58H73N11O5. The molecular weight excluding hydrogens is 931 g/mol. The van der Waals surface area contributed by atoms with Gasteiger partial charge < -0.3 is 34.4 Å². The van der Waals surface area contributed by atoms with Gasteiger partial charge in [-0.3, -0.25) is 29.3 Å². The third-order valence-corrected chi connectivity index (χ3v) is 19.4. The zero-order valence-electron chi connectivity index (χ0n) is 43.4. The monoisotopic (exact) mass is 1000 g/mol. The number of pyridine rings is 2. The zero-order valence-corrected chi connectivity index (χ0v) is 43.4. The molecule has 9 aliphatic rings. The summed E-state index contributed by atoms with van der Waals surface area (Å²) in [5.41, 5.74) is 5.81. The van der Waals surface area contributed by atoms with E-state index in [-0.39, 0.29) is 64.9 Å². The lowest BCUT2D eigenvalue weighted by atomic mass is 9.66. The molecule has 2 unspecified atom stereocenters. The number of nitrogens with zero attached hydrogens (tertiary/aromatic N) is 9. The van der Waals surface area contributed by atoms with E-state index in [1.54, 1.807) is 6.20 Å². The average molecular weight is 1000 g/mol. The molecule has 390 valence electrons. The van der Waals surface area contributed by atoms with Gasteiger partial charge in [-0.2, -0.15) is 0 Å². The van der Waals surface area contributed by atoms with Crippen LogP contribution in [0.4, 0.5) is 17.3 Å². The number of amides is 5. The van der Waals surface area contributed by atoms with Gasteiger partial charge in [0.1, 0.15) is 11.3 Å². The molecule has 8 fully saturated rings. The van der Waals surface area contributed by atoms with E-state index in [0.29, 0.717) is 63.8 Å². The molecule has 3 aromatic heterocycles. The van der Waals surface area contributed by atoms with E-state index in [0.717, 1.165) is 141 Å². The van der Waals surface area contributed by atoms with E-state index < -0.39 is 5.41 Å². The van der Waals surface area contributed by atoms with Gasteiger partial charge in [0.25, 0.3) is 0 Å². The Hall–Kier alpha value is -5.90. The summed E-state index contributed by atoms with van der Waals surface area (Å²) in [5.74, 6) is 1.31. The number of imide groups is 1. The number of carbonyl (C=O) groups is 5. The predicted octanol–water partition coefficient (Wildman–Crippen LogP) is 7.47. The first-order valence-corrected chi connectivity index (χ1v) is 28.5. The van der Waals surface area contributed by atoms with Crippen LogP contribution in [0.15, 0.2) is 48.9 Å². The summed E-state index contributed by atoms with van der Waals surface area (Å²) in [6.45, 7) is 9.82. The molecule has 16 heteroatoms. The summed E-state index contributed by atoms with van der Waals surface area (Å²) in [6, 6.07) is 14.0. The Kier molecular flexibility index (Phi) is 12.1. The molecule has 0 bridgehead atoms. The van der Waals surface area contributed by atoms with Crippen LogP contribution in [0.5, 0.6) is 0 Å². The number of carbonyl (C=O) groups excluding carboxylic acids is 5. The van der Waals surface area contributed by atoms with Gasteiger partial charge in [-0.1, -0.05) is 24.6 Å². The molecule has 5 saturated heterocycles. The quantitative estimate of drug-likeness (QED) is 0.151. The predicted molar refractivity (Wildman–Crippen MR) is 283 cm³/mol. The number of aromatic nitrogens is 4. The molecule has 3 saturated carbocycles. The molecule has 4 aromatic rings. The van der Waals surface area contributed by atoms with Gasteiger partial charge in [-0.25, -0.2) is 15.0 Å². The lowest BCUT2D eigenvalue weighted by Gasteiger charge is -2.56. The number of hydrogen-bond acceptors (Lipinski definition) is 11. The first kappa shape index (κ1) is 47.8. The van der Waals surface area contributed by atoms with Crippen LogP contribution in [0.3, 0.4) is 0 Å². The van der Waals surface area contributed by atoms with Gasteiger partial charge in [-0.05, 0) is 159 Å². The van der Waals surface area contributed by atoms with Crippen molar-refractivity contribution in [2.45, 2.75) is 170 Å². The molecule has 3 aliphatic carbocycles. The van der Waals surface area contributed by atoms with Crippen molar-refractivity contribution in [3.63, 3.8) is 0 Å². The van der Waals surface area contributed by atoms with Gasteiger partial charge in [0, 0.05) is 98.1 Å². The molecule has 6 aliphatic heterocycles. The summed E-state index contributed by atoms with van der Waals surface area (Å²) in [7, 11) is 0. The number of imidazole rings is 1. The molecule has 1 aromatic carbocycles. The molecule has 2 atom stereocenters. The van der Waals surface area contributed by atoms with Gasteiger partial charge in [0.15, 0.2) is 5.82 Å². The van der Waals surface area contributed by atoms with Crippen LogP contribution in [-0.2, 0) is 29.4 Å². The van der Waals surface area contributed by atoms with Crippen molar-refractivity contribution in [1.82, 2.24) is 39.5 Å². The van der Waals surface area contributed by atoms with E-state index in [4.69, 9.17) is 15.0 Å². The number of likely N-dealkylation sites (tertiary alicyclic amines) is 3. The Labute approximate surface area is 434 Å². The van der Waals surface area contributed by atoms with Gasteiger partial charge >= 0.3 is 0 Å². The number of nitrogens with one attached hydrogen (secondary N) is 2. The summed E-state index contributed by atoms with van der Waals surface area (Å²) in [6.07, 6.45) is 19.6. The van der Waals surface area contributed by atoms with Crippen LogP contribution in [0.25, 0.3) is 22.3 Å². The summed E-state index contributed by atoms with van der Waals surface area (Å²) in [4.78, 5) is 94.8. The van der Waals surface area contributed by atoms with E-state index in [1.807, 2.05) is 18.5 Å². The van der Waals surface area contributed by atoms with Crippen LogP contribution in [-0.4, -0.2) is 133 Å². The Bertz CT molecular complexity index is 2860. The van der Waals surface area contributed by atoms with E-state index in [9.17, 15) is 19.2 Å². The molecule has 13 rings (SSSR count). The molecule has 0 radical (unpaired) electrons. The Morgan fingerprint density at radius 2 is 1.54 bits per heavy atom. The Morgan fingerprint density at radius 3 is 2.23 bits per heavy atom. The van der Waals surface area contributed by atoms with E-state index in [1.165, 1.54) is 19.3 Å². The fraction of sp³-hybridized carbons (Fsp3) is 0.621. The largest absolute Gasteiger partial charge is 0.366 e. The Morgan fingerprint density at radius 1 is 0.770 bits per heavy atom. The molecule has 16 nitrogen and oxygen atoms in total. The number of anilines is 3. The van der Waals surface area contributed by atoms with Gasteiger partial charge in [0.05, 0.1) is 28.9 Å². The maximum atomic E-state index is 15.3. The zero-order chi connectivity index (χ0) is 50.5. The second-order valence-corrected chi connectivity index (χ2v) is 24.1. The lowest BCUT2D eigenvalue weighted by Crippen LogP contribution is -2.63. The highest BCUT2D eigenvalue weighted by Gasteiger charge is 2.57. The second kappa shape index (κ2) is 18.7. The summed E-state index contributed by atoms with van der Waals surface area (Å²) >= 11 is 0. The topological polar surface area (TPSA) is 169 Å². The van der Waals surface area contributed by atoms with Crippen molar-refractivity contribution in [1.29, 1.82) is 0 Å². The van der Waals surface area contributed by atoms with Crippen molar-refractivity contribution in [2.75, 3.05) is 60.9 Å². The molecule has 9 heterocycles. The lowest BCUT2D eigenvalue weighted by molar-refractivity contribution is -0.158.